The van der Waals surface area contributed by atoms with Gasteiger partial charge in [-0.25, -0.2) is 8.42 Å². The van der Waals surface area contributed by atoms with Crippen LogP contribution in [0, 0.1) is 0 Å². The van der Waals surface area contributed by atoms with Crippen LogP contribution in [0.2, 0.25) is 0 Å². The Hall–Kier alpha value is -1.41. The van der Waals surface area contributed by atoms with Crippen molar-refractivity contribution in [3.8, 4) is 5.69 Å². The van der Waals surface area contributed by atoms with Gasteiger partial charge in [0.2, 0.25) is 5.16 Å². The Bertz CT molecular complexity index is 669. The van der Waals surface area contributed by atoms with Gasteiger partial charge in [0.1, 0.15) is 0 Å². The number of para-hydroxylation sites is 1. The lowest BCUT2D eigenvalue weighted by atomic mass is 10.3. The van der Waals surface area contributed by atoms with Crippen LogP contribution in [0.15, 0.2) is 35.5 Å². The average molecular weight is 296 g/mol. The predicted molar refractivity (Wildman–Crippen MR) is 72.1 cm³/mol. The lowest BCUT2D eigenvalue weighted by molar-refractivity contribution is 0.602. The van der Waals surface area contributed by atoms with Crippen molar-refractivity contribution in [2.24, 2.45) is 0 Å². The summed E-state index contributed by atoms with van der Waals surface area (Å²) in [7, 11) is -2.87. The molecular formula is C11H12N4O2S2. The summed E-state index contributed by atoms with van der Waals surface area (Å²) in [6.45, 7) is 0. The van der Waals surface area contributed by atoms with Gasteiger partial charge in [-0.1, -0.05) is 30.0 Å². The molecule has 1 atom stereocenters. The van der Waals surface area contributed by atoms with Crippen LogP contribution in [-0.4, -0.2) is 45.4 Å². The summed E-state index contributed by atoms with van der Waals surface area (Å²) in [5.74, 6) is 0.469. The highest BCUT2D eigenvalue weighted by atomic mass is 32.2. The Labute approximate surface area is 115 Å². The van der Waals surface area contributed by atoms with E-state index >= 15 is 0 Å². The lowest BCUT2D eigenvalue weighted by Gasteiger charge is -2.07. The molecule has 3 rings (SSSR count). The van der Waals surface area contributed by atoms with Gasteiger partial charge in [0.15, 0.2) is 9.84 Å². The quantitative estimate of drug-likeness (QED) is 0.839. The second kappa shape index (κ2) is 4.93. The first-order valence-electron chi connectivity index (χ1n) is 5.85. The van der Waals surface area contributed by atoms with E-state index in [1.54, 1.807) is 4.68 Å². The van der Waals surface area contributed by atoms with E-state index in [-0.39, 0.29) is 16.8 Å². The number of rotatable bonds is 3. The van der Waals surface area contributed by atoms with Gasteiger partial charge in [-0.3, -0.25) is 0 Å². The summed E-state index contributed by atoms with van der Waals surface area (Å²) in [4.78, 5) is 0. The predicted octanol–water partition coefficient (Wildman–Crippen LogP) is 0.941. The molecule has 1 aliphatic heterocycles. The smallest absolute Gasteiger partial charge is 0.214 e. The molecular weight excluding hydrogens is 284 g/mol. The maximum atomic E-state index is 11.5. The fourth-order valence-electron chi connectivity index (χ4n) is 1.99. The van der Waals surface area contributed by atoms with Crippen molar-refractivity contribution in [2.75, 3.05) is 11.5 Å². The number of tetrazole rings is 1. The van der Waals surface area contributed by atoms with E-state index in [0.29, 0.717) is 11.6 Å². The number of hydrogen-bond acceptors (Lipinski definition) is 6. The first kappa shape index (κ1) is 12.6. The molecule has 0 N–H and O–H groups in total. The standard InChI is InChI=1S/C11H12N4O2S2/c16-19(17)7-6-10(8-19)18-11-12-13-14-15(11)9-4-2-1-3-5-9/h1-5,10H,6-8H2/t10-/m1/s1. The highest BCUT2D eigenvalue weighted by Gasteiger charge is 2.30. The van der Waals surface area contributed by atoms with Gasteiger partial charge < -0.3 is 0 Å². The van der Waals surface area contributed by atoms with Crippen molar-refractivity contribution in [1.29, 1.82) is 0 Å². The summed E-state index contributed by atoms with van der Waals surface area (Å²) in [6, 6.07) is 9.55. The van der Waals surface area contributed by atoms with Gasteiger partial charge in [0.25, 0.3) is 0 Å². The molecule has 0 spiro atoms. The van der Waals surface area contributed by atoms with Crippen LogP contribution in [-0.2, 0) is 9.84 Å². The number of benzene rings is 1. The fraction of sp³-hybridized carbons (Fsp3) is 0.364. The minimum Gasteiger partial charge on any atom is -0.229 e. The largest absolute Gasteiger partial charge is 0.229 e. The molecule has 0 saturated carbocycles. The minimum absolute atomic E-state index is 0.0402. The van der Waals surface area contributed by atoms with Gasteiger partial charge in [0.05, 0.1) is 17.2 Å². The Morgan fingerprint density at radius 1 is 1.26 bits per heavy atom. The third kappa shape index (κ3) is 2.79. The normalized spacial score (nSPS) is 21.6. The summed E-state index contributed by atoms with van der Waals surface area (Å²) >= 11 is 1.43. The molecule has 0 aliphatic carbocycles. The molecule has 8 heteroatoms. The summed E-state index contributed by atoms with van der Waals surface area (Å²) in [5.41, 5.74) is 0.871. The third-order valence-electron chi connectivity index (χ3n) is 2.90. The Kier molecular flexibility index (Phi) is 3.28. The van der Waals surface area contributed by atoms with Crippen LogP contribution in [0.1, 0.15) is 6.42 Å². The summed E-state index contributed by atoms with van der Waals surface area (Å²) in [6.07, 6.45) is 0.661. The number of sulfone groups is 1. The molecule has 2 aromatic rings. The number of hydrogen-bond donors (Lipinski definition) is 0. The molecule has 100 valence electrons. The average Bonchev–Trinajstić information content (AvgIpc) is 2.98. The number of thioether (sulfide) groups is 1. The number of aromatic nitrogens is 4. The van der Waals surface area contributed by atoms with Crippen molar-refractivity contribution in [1.82, 2.24) is 20.2 Å². The maximum Gasteiger partial charge on any atom is 0.214 e. The summed E-state index contributed by atoms with van der Waals surface area (Å²) in [5, 5.41) is 12.3. The van der Waals surface area contributed by atoms with Crippen molar-refractivity contribution in [2.45, 2.75) is 16.8 Å². The molecule has 0 unspecified atom stereocenters. The second-order valence-electron chi connectivity index (χ2n) is 4.35. The molecule has 1 saturated heterocycles. The van der Waals surface area contributed by atoms with Gasteiger partial charge in [-0.15, -0.1) is 5.10 Å². The van der Waals surface area contributed by atoms with Crippen LogP contribution in [0.4, 0.5) is 0 Å². The van der Waals surface area contributed by atoms with E-state index in [1.807, 2.05) is 30.3 Å². The van der Waals surface area contributed by atoms with Gasteiger partial charge in [0, 0.05) is 5.25 Å². The zero-order chi connectivity index (χ0) is 13.3. The minimum atomic E-state index is -2.87. The van der Waals surface area contributed by atoms with E-state index in [0.717, 1.165) is 5.69 Å². The Morgan fingerprint density at radius 3 is 2.74 bits per heavy atom. The monoisotopic (exact) mass is 296 g/mol. The molecule has 1 fully saturated rings. The molecule has 1 aromatic heterocycles. The highest BCUT2D eigenvalue weighted by molar-refractivity contribution is 8.01. The Balaban J connectivity index is 1.82. The van der Waals surface area contributed by atoms with Gasteiger partial charge in [-0.2, -0.15) is 4.68 Å². The molecule has 6 nitrogen and oxygen atoms in total. The van der Waals surface area contributed by atoms with E-state index < -0.39 is 9.84 Å². The van der Waals surface area contributed by atoms with Crippen LogP contribution in [0.5, 0.6) is 0 Å². The summed E-state index contributed by atoms with van der Waals surface area (Å²) < 4.78 is 24.5. The van der Waals surface area contributed by atoms with Crippen LogP contribution in [0.3, 0.4) is 0 Å². The fourth-order valence-corrected chi connectivity index (χ4v) is 5.43. The SMILES string of the molecule is O=S1(=O)CC[C@@H](Sc2nnnn2-c2ccccc2)C1. The topological polar surface area (TPSA) is 77.7 Å². The first-order chi connectivity index (χ1) is 9.14. The van der Waals surface area contributed by atoms with E-state index in [4.69, 9.17) is 0 Å². The first-order valence-corrected chi connectivity index (χ1v) is 8.55. The maximum absolute atomic E-state index is 11.5. The van der Waals surface area contributed by atoms with E-state index in [1.165, 1.54) is 11.8 Å². The zero-order valence-electron chi connectivity index (χ0n) is 10.0. The van der Waals surface area contributed by atoms with E-state index in [9.17, 15) is 8.42 Å². The molecule has 0 amide bonds. The number of nitrogens with zero attached hydrogens (tertiary/aromatic N) is 4. The Morgan fingerprint density at radius 2 is 2.05 bits per heavy atom. The molecule has 1 aromatic carbocycles. The molecule has 1 aliphatic rings. The lowest BCUT2D eigenvalue weighted by Crippen LogP contribution is -2.08. The molecule has 0 radical (unpaired) electrons. The van der Waals surface area contributed by atoms with Crippen LogP contribution in [0.25, 0.3) is 5.69 Å². The molecule has 19 heavy (non-hydrogen) atoms. The zero-order valence-corrected chi connectivity index (χ0v) is 11.6. The van der Waals surface area contributed by atoms with Crippen molar-refractivity contribution < 1.29 is 8.42 Å². The third-order valence-corrected chi connectivity index (χ3v) is 6.08. The molecule has 2 heterocycles. The van der Waals surface area contributed by atoms with Crippen LogP contribution >= 0.6 is 11.8 Å². The van der Waals surface area contributed by atoms with E-state index in [2.05, 4.69) is 15.5 Å². The molecule has 0 bridgehead atoms. The van der Waals surface area contributed by atoms with Crippen molar-refractivity contribution >= 4 is 21.6 Å². The second-order valence-corrected chi connectivity index (χ2v) is 7.85. The van der Waals surface area contributed by atoms with Crippen LogP contribution < -0.4 is 0 Å². The van der Waals surface area contributed by atoms with Crippen molar-refractivity contribution in [3.63, 3.8) is 0 Å². The van der Waals surface area contributed by atoms with Crippen molar-refractivity contribution in [3.05, 3.63) is 30.3 Å². The van der Waals surface area contributed by atoms with Gasteiger partial charge >= 0.3 is 0 Å². The highest BCUT2D eigenvalue weighted by Crippen LogP contribution is 2.30. The van der Waals surface area contributed by atoms with Gasteiger partial charge in [-0.05, 0) is 29.0 Å².